The molecule has 0 spiro atoms. The molecule has 0 aromatic rings. The van der Waals surface area contributed by atoms with Crippen LogP contribution in [0, 0.1) is 0 Å². The molecule has 0 aliphatic heterocycles. The van der Waals surface area contributed by atoms with Crippen LogP contribution in [-0.2, 0) is 28.6 Å². The van der Waals surface area contributed by atoms with E-state index in [1.807, 2.05) is 6.08 Å². The summed E-state index contributed by atoms with van der Waals surface area (Å²) in [6, 6.07) is 0. The summed E-state index contributed by atoms with van der Waals surface area (Å²) in [4.78, 5) is 37.9. The number of ether oxygens (including phenoxy) is 3. The molecule has 0 aliphatic rings. The van der Waals surface area contributed by atoms with Crippen molar-refractivity contribution in [2.24, 2.45) is 0 Å². The lowest BCUT2D eigenvalue weighted by atomic mass is 10.1. The molecule has 0 rings (SSSR count). The summed E-state index contributed by atoms with van der Waals surface area (Å²) >= 11 is 0. The molecule has 6 heteroatoms. The minimum absolute atomic E-state index is 0.114. The van der Waals surface area contributed by atoms with Gasteiger partial charge in [-0.2, -0.15) is 0 Å². The maximum Gasteiger partial charge on any atom is 0.306 e. The average Bonchev–Trinajstić information content (AvgIpc) is 3.29. The molecule has 0 radical (unpaired) electrons. The van der Waals surface area contributed by atoms with Crippen molar-refractivity contribution in [3.05, 3.63) is 109 Å². The third kappa shape index (κ3) is 49.1. The van der Waals surface area contributed by atoms with Crippen molar-refractivity contribution in [1.82, 2.24) is 0 Å². The zero-order valence-electron chi connectivity index (χ0n) is 41.3. The van der Waals surface area contributed by atoms with Crippen molar-refractivity contribution in [3.63, 3.8) is 0 Å². The Labute approximate surface area is 393 Å². The van der Waals surface area contributed by atoms with Gasteiger partial charge in [0.1, 0.15) is 13.2 Å². The van der Waals surface area contributed by atoms with Gasteiger partial charge >= 0.3 is 17.9 Å². The van der Waals surface area contributed by atoms with Gasteiger partial charge in [0.2, 0.25) is 0 Å². The number of allylic oxidation sites excluding steroid dienone is 18. The Kier molecular flexibility index (Phi) is 48.5. The van der Waals surface area contributed by atoms with E-state index in [1.165, 1.54) is 51.4 Å². The number of hydrogen-bond acceptors (Lipinski definition) is 6. The fourth-order valence-corrected chi connectivity index (χ4v) is 6.68. The Morgan fingerprint density at radius 2 is 0.641 bits per heavy atom. The van der Waals surface area contributed by atoms with Crippen LogP contribution in [0.5, 0.6) is 0 Å². The third-order valence-corrected chi connectivity index (χ3v) is 10.5. The van der Waals surface area contributed by atoms with E-state index < -0.39 is 6.10 Å². The fourth-order valence-electron chi connectivity index (χ4n) is 6.68. The van der Waals surface area contributed by atoms with Crippen LogP contribution in [0.3, 0.4) is 0 Å². The highest BCUT2D eigenvalue weighted by Gasteiger charge is 2.19. The van der Waals surface area contributed by atoms with Crippen LogP contribution in [0.25, 0.3) is 0 Å². The minimum atomic E-state index is -0.820. The highest BCUT2D eigenvalue weighted by Crippen LogP contribution is 2.12. The van der Waals surface area contributed by atoms with Gasteiger partial charge in [-0.25, -0.2) is 0 Å². The zero-order valence-corrected chi connectivity index (χ0v) is 41.3. The molecule has 0 aromatic carbocycles. The van der Waals surface area contributed by atoms with E-state index in [2.05, 4.69) is 124 Å². The summed E-state index contributed by atoms with van der Waals surface area (Å²) in [5.74, 6) is -1.03. The first kappa shape index (κ1) is 60.1. The van der Waals surface area contributed by atoms with Crippen LogP contribution in [0.4, 0.5) is 0 Å². The van der Waals surface area contributed by atoms with Crippen molar-refractivity contribution < 1.29 is 28.6 Å². The van der Waals surface area contributed by atoms with Crippen molar-refractivity contribution in [2.75, 3.05) is 13.2 Å². The Hall–Kier alpha value is -3.93. The van der Waals surface area contributed by atoms with Gasteiger partial charge < -0.3 is 14.2 Å². The van der Waals surface area contributed by atoms with Gasteiger partial charge in [0, 0.05) is 19.3 Å². The minimum Gasteiger partial charge on any atom is -0.462 e. The number of esters is 3. The molecule has 1 unspecified atom stereocenters. The highest BCUT2D eigenvalue weighted by molar-refractivity contribution is 5.71. The number of carbonyl (C=O) groups excluding carboxylic acids is 3. The monoisotopic (exact) mass is 887 g/mol. The summed E-state index contributed by atoms with van der Waals surface area (Å²) in [5, 5.41) is 0. The summed E-state index contributed by atoms with van der Waals surface area (Å²) in [6.07, 6.45) is 69.4. The van der Waals surface area contributed by atoms with Crippen LogP contribution in [0.2, 0.25) is 0 Å². The summed E-state index contributed by atoms with van der Waals surface area (Å²) < 4.78 is 16.7. The van der Waals surface area contributed by atoms with E-state index in [4.69, 9.17) is 14.2 Å². The van der Waals surface area contributed by atoms with E-state index in [9.17, 15) is 14.4 Å². The predicted molar refractivity (Wildman–Crippen MR) is 274 cm³/mol. The fraction of sp³-hybridized carbons (Fsp3) is 0.638. The van der Waals surface area contributed by atoms with Crippen LogP contribution in [0.15, 0.2) is 109 Å². The van der Waals surface area contributed by atoms with E-state index in [0.717, 1.165) is 122 Å². The molecule has 0 bridgehead atoms. The van der Waals surface area contributed by atoms with Gasteiger partial charge in [0.25, 0.3) is 0 Å². The topological polar surface area (TPSA) is 78.9 Å². The molecule has 64 heavy (non-hydrogen) atoms. The molecule has 0 heterocycles. The molecular weight excluding hydrogens is 793 g/mol. The molecule has 1 atom stereocenters. The van der Waals surface area contributed by atoms with E-state index >= 15 is 0 Å². The second-order valence-corrected chi connectivity index (χ2v) is 16.7. The molecule has 0 saturated carbocycles. The second-order valence-electron chi connectivity index (χ2n) is 16.7. The summed E-state index contributed by atoms with van der Waals surface area (Å²) in [7, 11) is 0. The zero-order chi connectivity index (χ0) is 46.5. The first-order valence-corrected chi connectivity index (χ1v) is 25.9. The van der Waals surface area contributed by atoms with Crippen molar-refractivity contribution in [3.8, 4) is 0 Å². The van der Waals surface area contributed by atoms with Crippen molar-refractivity contribution in [2.45, 2.75) is 226 Å². The number of hydrogen-bond donors (Lipinski definition) is 0. The van der Waals surface area contributed by atoms with Crippen LogP contribution in [0.1, 0.15) is 220 Å². The molecule has 6 nitrogen and oxygen atoms in total. The smallest absolute Gasteiger partial charge is 0.306 e. The van der Waals surface area contributed by atoms with Gasteiger partial charge in [-0.05, 0) is 109 Å². The largest absolute Gasteiger partial charge is 0.462 e. The average molecular weight is 887 g/mol. The van der Waals surface area contributed by atoms with Gasteiger partial charge in [0.15, 0.2) is 6.10 Å². The first-order valence-electron chi connectivity index (χ1n) is 25.9. The van der Waals surface area contributed by atoms with Gasteiger partial charge in [0.05, 0.1) is 0 Å². The van der Waals surface area contributed by atoms with Gasteiger partial charge in [-0.1, -0.05) is 201 Å². The molecule has 0 fully saturated rings. The van der Waals surface area contributed by atoms with E-state index in [1.54, 1.807) is 0 Å². The maximum absolute atomic E-state index is 12.8. The molecule has 0 aliphatic carbocycles. The highest BCUT2D eigenvalue weighted by atomic mass is 16.6. The summed E-state index contributed by atoms with van der Waals surface area (Å²) in [6.45, 7) is 6.30. The SMILES string of the molecule is CC/C=C\C/C=C\C/C=C\C/C=C\CCCCCCCCC(=O)OCC(COC(=O)CC/C=C\C/C=C\CCCCCCCC)OC(=O)CCCCCC/C=C\C/C=C\C/C=C\CC. The van der Waals surface area contributed by atoms with Gasteiger partial charge in [-0.15, -0.1) is 0 Å². The molecule has 0 amide bonds. The Morgan fingerprint density at radius 1 is 0.328 bits per heavy atom. The van der Waals surface area contributed by atoms with E-state index in [0.29, 0.717) is 12.8 Å². The number of carbonyl (C=O) groups is 3. The van der Waals surface area contributed by atoms with Crippen molar-refractivity contribution in [1.29, 1.82) is 0 Å². The number of rotatable bonds is 45. The third-order valence-electron chi connectivity index (χ3n) is 10.5. The number of unbranched alkanes of at least 4 members (excludes halogenated alkanes) is 16. The lowest BCUT2D eigenvalue weighted by molar-refractivity contribution is -0.166. The van der Waals surface area contributed by atoms with Crippen LogP contribution >= 0.6 is 0 Å². The first-order chi connectivity index (χ1) is 31.5. The lowest BCUT2D eigenvalue weighted by Gasteiger charge is -2.18. The Balaban J connectivity index is 4.50. The van der Waals surface area contributed by atoms with Crippen LogP contribution in [-0.4, -0.2) is 37.2 Å². The molecule has 362 valence electrons. The lowest BCUT2D eigenvalue weighted by Crippen LogP contribution is -2.30. The van der Waals surface area contributed by atoms with Crippen molar-refractivity contribution >= 4 is 17.9 Å². The van der Waals surface area contributed by atoms with E-state index in [-0.39, 0.29) is 44.0 Å². The molecular formula is C58H94O6. The Bertz CT molecular complexity index is 1340. The summed E-state index contributed by atoms with van der Waals surface area (Å²) in [5.41, 5.74) is 0. The predicted octanol–water partition coefficient (Wildman–Crippen LogP) is 17.1. The molecule has 0 saturated heterocycles. The normalized spacial score (nSPS) is 13.0. The Morgan fingerprint density at radius 3 is 1.05 bits per heavy atom. The van der Waals surface area contributed by atoms with Gasteiger partial charge in [-0.3, -0.25) is 14.4 Å². The molecule has 0 aromatic heterocycles. The maximum atomic E-state index is 12.8. The quantitative estimate of drug-likeness (QED) is 0.0262. The standard InChI is InChI=1S/C58H94O6/c1-4-7-10-13-16-19-22-25-27-28-29-30-31-34-36-39-42-45-48-51-57(60)63-54-55(53-62-56(59)50-47-44-41-38-35-32-24-21-18-15-12-9-6-3)64-58(61)52-49-46-43-40-37-33-26-23-20-17-14-11-8-5-2/h7-8,10-11,16-17,19-20,25-27,29-30,32-33,35,41,44,55H,4-6,9,12-15,18,21-24,28,31,34,36-40,42-43,45-54H2,1-3H3/b10-7-,11-8-,19-16-,20-17-,27-25-,30-29-,33-26-,35-32-,44-41-. The second kappa shape index (κ2) is 51.7. The molecule has 0 N–H and O–H groups in total. The van der Waals surface area contributed by atoms with Crippen LogP contribution < -0.4 is 0 Å².